The van der Waals surface area contributed by atoms with Crippen molar-refractivity contribution in [1.29, 1.82) is 0 Å². The Morgan fingerprint density at radius 3 is 2.92 bits per heavy atom. The Kier molecular flexibility index (Phi) is 11.0. The minimum atomic E-state index is 0. The van der Waals surface area contributed by atoms with Crippen molar-refractivity contribution in [3.05, 3.63) is 30.1 Å². The first-order valence-corrected chi connectivity index (χ1v) is 8.95. The molecule has 1 aromatic heterocycles. The number of nitrogens with one attached hydrogen (secondary N) is 2. The van der Waals surface area contributed by atoms with E-state index in [1.807, 2.05) is 18.3 Å². The molecule has 1 saturated heterocycles. The summed E-state index contributed by atoms with van der Waals surface area (Å²) in [6, 6.07) is 6.74. The third kappa shape index (κ3) is 7.79. The summed E-state index contributed by atoms with van der Waals surface area (Å²) < 4.78 is 0. The van der Waals surface area contributed by atoms with Crippen molar-refractivity contribution in [1.82, 2.24) is 20.5 Å². The van der Waals surface area contributed by atoms with Gasteiger partial charge in [-0.3, -0.25) is 14.9 Å². The molecule has 5 nitrogen and oxygen atoms in total. The van der Waals surface area contributed by atoms with E-state index in [2.05, 4.69) is 40.4 Å². The first-order valence-electron chi connectivity index (χ1n) is 8.95. The maximum atomic E-state index is 4.71. The fraction of sp³-hybridized carbons (Fsp3) is 0.667. The van der Waals surface area contributed by atoms with E-state index in [0.29, 0.717) is 6.04 Å². The van der Waals surface area contributed by atoms with Crippen molar-refractivity contribution >= 4 is 29.9 Å². The molecule has 1 aromatic rings. The highest BCUT2D eigenvalue weighted by Gasteiger charge is 2.17. The molecule has 2 N–H and O–H groups in total. The SMILES string of the molecule is CCNC(=NCCN1CCCCC1C)NCCc1ccccn1.I. The maximum absolute atomic E-state index is 4.71. The fourth-order valence-electron chi connectivity index (χ4n) is 2.98. The third-order valence-electron chi connectivity index (χ3n) is 4.34. The molecular weight excluding hydrogens is 413 g/mol. The average Bonchev–Trinajstić information content (AvgIpc) is 2.57. The van der Waals surface area contributed by atoms with Gasteiger partial charge in [0, 0.05) is 44.0 Å². The number of pyridine rings is 1. The normalized spacial score (nSPS) is 18.8. The molecule has 2 heterocycles. The summed E-state index contributed by atoms with van der Waals surface area (Å²) in [5.74, 6) is 0.910. The van der Waals surface area contributed by atoms with Crippen LogP contribution in [0.5, 0.6) is 0 Å². The molecule has 0 bridgehead atoms. The molecule has 2 rings (SSSR count). The molecular formula is C18H32IN5. The van der Waals surface area contributed by atoms with Crippen LogP contribution >= 0.6 is 24.0 Å². The predicted octanol–water partition coefficient (Wildman–Crippen LogP) is 2.67. The Morgan fingerprint density at radius 2 is 2.21 bits per heavy atom. The molecule has 1 fully saturated rings. The van der Waals surface area contributed by atoms with E-state index in [1.54, 1.807) is 0 Å². The molecule has 1 unspecified atom stereocenters. The second-order valence-corrected chi connectivity index (χ2v) is 6.14. The van der Waals surface area contributed by atoms with Crippen LogP contribution in [0.15, 0.2) is 29.4 Å². The standard InChI is InChI=1S/C18H31N5.HI/c1-3-19-18(21-12-10-17-9-4-6-11-20-17)22-13-15-23-14-7-5-8-16(23)2;/h4,6,9,11,16H,3,5,7-8,10,12-15H2,1-2H3,(H2,19,21,22);1H. The van der Waals surface area contributed by atoms with Gasteiger partial charge in [0.25, 0.3) is 0 Å². The molecule has 1 aliphatic heterocycles. The Balaban J connectivity index is 0.00000288. The average molecular weight is 445 g/mol. The van der Waals surface area contributed by atoms with E-state index >= 15 is 0 Å². The molecule has 0 aromatic carbocycles. The Hall–Kier alpha value is -0.890. The fourth-order valence-corrected chi connectivity index (χ4v) is 2.98. The molecule has 0 aliphatic carbocycles. The van der Waals surface area contributed by atoms with Gasteiger partial charge in [-0.1, -0.05) is 12.5 Å². The highest BCUT2D eigenvalue weighted by molar-refractivity contribution is 14.0. The van der Waals surface area contributed by atoms with Gasteiger partial charge in [-0.2, -0.15) is 0 Å². The smallest absolute Gasteiger partial charge is 0.191 e. The highest BCUT2D eigenvalue weighted by Crippen LogP contribution is 2.15. The lowest BCUT2D eigenvalue weighted by Gasteiger charge is -2.32. The summed E-state index contributed by atoms with van der Waals surface area (Å²) in [5.41, 5.74) is 1.11. The van der Waals surface area contributed by atoms with Crippen LogP contribution in [0.1, 0.15) is 38.8 Å². The largest absolute Gasteiger partial charge is 0.357 e. The molecule has 24 heavy (non-hydrogen) atoms. The van der Waals surface area contributed by atoms with Gasteiger partial charge in [0.1, 0.15) is 0 Å². The lowest BCUT2D eigenvalue weighted by atomic mass is 10.0. The van der Waals surface area contributed by atoms with Crippen LogP contribution < -0.4 is 10.6 Å². The summed E-state index contributed by atoms with van der Waals surface area (Å²) in [5, 5.41) is 6.72. The number of hydrogen-bond acceptors (Lipinski definition) is 3. The number of likely N-dealkylation sites (tertiary alicyclic amines) is 1. The second-order valence-electron chi connectivity index (χ2n) is 6.14. The van der Waals surface area contributed by atoms with E-state index in [4.69, 9.17) is 4.99 Å². The summed E-state index contributed by atoms with van der Waals surface area (Å²) in [7, 11) is 0. The monoisotopic (exact) mass is 445 g/mol. The first kappa shape index (κ1) is 21.2. The van der Waals surface area contributed by atoms with E-state index < -0.39 is 0 Å². The zero-order chi connectivity index (χ0) is 16.3. The maximum Gasteiger partial charge on any atom is 0.191 e. The number of nitrogens with zero attached hydrogens (tertiary/aromatic N) is 3. The number of piperidine rings is 1. The Morgan fingerprint density at radius 1 is 1.33 bits per heavy atom. The number of halogens is 1. The van der Waals surface area contributed by atoms with Crippen LogP contribution in [-0.4, -0.2) is 54.6 Å². The zero-order valence-corrected chi connectivity index (χ0v) is 17.3. The summed E-state index contributed by atoms with van der Waals surface area (Å²) in [4.78, 5) is 11.6. The van der Waals surface area contributed by atoms with E-state index in [9.17, 15) is 0 Å². The van der Waals surface area contributed by atoms with Gasteiger partial charge in [0.05, 0.1) is 6.54 Å². The molecule has 136 valence electrons. The van der Waals surface area contributed by atoms with Crippen molar-refractivity contribution in [3.63, 3.8) is 0 Å². The van der Waals surface area contributed by atoms with Crippen LogP contribution in [0.25, 0.3) is 0 Å². The molecule has 0 spiro atoms. The molecule has 1 aliphatic rings. The number of rotatable bonds is 7. The Labute approximate surface area is 163 Å². The summed E-state index contributed by atoms with van der Waals surface area (Å²) in [6.45, 7) is 9.29. The first-order chi connectivity index (χ1) is 11.3. The highest BCUT2D eigenvalue weighted by atomic mass is 127. The summed E-state index contributed by atoms with van der Waals surface area (Å²) >= 11 is 0. The van der Waals surface area contributed by atoms with Gasteiger partial charge in [-0.25, -0.2) is 0 Å². The summed E-state index contributed by atoms with van der Waals surface area (Å²) in [6.07, 6.45) is 6.78. The minimum absolute atomic E-state index is 0. The second kappa shape index (κ2) is 12.5. The lowest BCUT2D eigenvalue weighted by molar-refractivity contribution is 0.166. The number of guanidine groups is 1. The van der Waals surface area contributed by atoms with Gasteiger partial charge >= 0.3 is 0 Å². The van der Waals surface area contributed by atoms with Crippen molar-refractivity contribution in [2.75, 3.05) is 32.7 Å². The van der Waals surface area contributed by atoms with Crippen molar-refractivity contribution in [3.8, 4) is 0 Å². The molecule has 1 atom stereocenters. The van der Waals surface area contributed by atoms with E-state index in [-0.39, 0.29) is 24.0 Å². The molecule has 6 heteroatoms. The number of aliphatic imine (C=N–C) groups is 1. The van der Waals surface area contributed by atoms with Gasteiger partial charge in [-0.15, -0.1) is 24.0 Å². The van der Waals surface area contributed by atoms with Crippen LogP contribution in [-0.2, 0) is 6.42 Å². The third-order valence-corrected chi connectivity index (χ3v) is 4.34. The lowest BCUT2D eigenvalue weighted by Crippen LogP contribution is -2.41. The van der Waals surface area contributed by atoms with Crippen LogP contribution in [0.3, 0.4) is 0 Å². The van der Waals surface area contributed by atoms with Crippen LogP contribution in [0.4, 0.5) is 0 Å². The minimum Gasteiger partial charge on any atom is -0.357 e. The molecule has 0 radical (unpaired) electrons. The van der Waals surface area contributed by atoms with Gasteiger partial charge < -0.3 is 10.6 Å². The van der Waals surface area contributed by atoms with E-state index in [1.165, 1.54) is 25.8 Å². The van der Waals surface area contributed by atoms with E-state index in [0.717, 1.165) is 44.3 Å². The van der Waals surface area contributed by atoms with Gasteiger partial charge in [-0.05, 0) is 45.4 Å². The van der Waals surface area contributed by atoms with Crippen molar-refractivity contribution in [2.45, 2.75) is 45.6 Å². The Bertz CT molecular complexity index is 466. The molecule has 0 saturated carbocycles. The van der Waals surface area contributed by atoms with Crippen molar-refractivity contribution in [2.24, 2.45) is 4.99 Å². The quantitative estimate of drug-likeness (QED) is 0.385. The number of hydrogen-bond donors (Lipinski definition) is 2. The van der Waals surface area contributed by atoms with Gasteiger partial charge in [0.15, 0.2) is 5.96 Å². The topological polar surface area (TPSA) is 52.6 Å². The predicted molar refractivity (Wildman–Crippen MR) is 112 cm³/mol. The number of aromatic nitrogens is 1. The van der Waals surface area contributed by atoms with Gasteiger partial charge in [0.2, 0.25) is 0 Å². The van der Waals surface area contributed by atoms with Crippen LogP contribution in [0, 0.1) is 0 Å². The molecule has 0 amide bonds. The zero-order valence-electron chi connectivity index (χ0n) is 15.0. The van der Waals surface area contributed by atoms with Crippen LogP contribution in [0.2, 0.25) is 0 Å². The van der Waals surface area contributed by atoms with Crippen molar-refractivity contribution < 1.29 is 0 Å².